The molecular formula is C11H10BrN2. The van der Waals surface area contributed by atoms with Gasteiger partial charge in [-0.05, 0) is 46.5 Å². The molecule has 2 aromatic rings. The van der Waals surface area contributed by atoms with E-state index in [4.69, 9.17) is 0 Å². The molecule has 2 nitrogen and oxygen atoms in total. The van der Waals surface area contributed by atoms with Crippen molar-refractivity contribution in [1.82, 2.24) is 9.97 Å². The topological polar surface area (TPSA) is 25.8 Å². The van der Waals surface area contributed by atoms with Crippen molar-refractivity contribution in [2.24, 2.45) is 0 Å². The maximum absolute atomic E-state index is 4.36. The van der Waals surface area contributed by atoms with E-state index in [2.05, 4.69) is 32.8 Å². The second-order valence-corrected chi connectivity index (χ2v) is 4.01. The van der Waals surface area contributed by atoms with Gasteiger partial charge in [0.1, 0.15) is 0 Å². The van der Waals surface area contributed by atoms with Crippen molar-refractivity contribution in [3.63, 3.8) is 0 Å². The Kier molecular flexibility index (Phi) is 2.77. The fraction of sp³-hybridized carbons (Fsp3) is 0.182. The number of aromatic nitrogens is 2. The van der Waals surface area contributed by atoms with Crippen LogP contribution in [-0.4, -0.2) is 9.97 Å². The van der Waals surface area contributed by atoms with Crippen LogP contribution in [0.3, 0.4) is 0 Å². The molecule has 0 aliphatic heterocycles. The number of fused-ring (bicyclic) bond motifs is 1. The lowest BCUT2D eigenvalue weighted by molar-refractivity contribution is 1.00. The highest BCUT2D eigenvalue weighted by atomic mass is 79.9. The van der Waals surface area contributed by atoms with Gasteiger partial charge in [0.15, 0.2) is 0 Å². The van der Waals surface area contributed by atoms with Crippen LogP contribution in [0.1, 0.15) is 12.0 Å². The van der Waals surface area contributed by atoms with Gasteiger partial charge in [-0.15, -0.1) is 0 Å². The Bertz CT molecular complexity index is 454. The van der Waals surface area contributed by atoms with Crippen LogP contribution in [0.25, 0.3) is 11.0 Å². The normalized spacial score (nSPS) is 10.7. The molecule has 0 bridgehead atoms. The summed E-state index contributed by atoms with van der Waals surface area (Å²) < 4.78 is 0.962. The molecule has 3 heteroatoms. The standard InChI is InChI=1S/C11H10BrN2/c1-2-3-8-4-5-13-10-6-9(12)7-14-11(8)10/h4-7H,1-3H2. The van der Waals surface area contributed by atoms with Crippen molar-refractivity contribution in [1.29, 1.82) is 0 Å². The molecule has 0 amide bonds. The van der Waals surface area contributed by atoms with Gasteiger partial charge < -0.3 is 0 Å². The molecule has 0 saturated carbocycles. The Balaban J connectivity index is 2.62. The predicted molar refractivity (Wildman–Crippen MR) is 60.9 cm³/mol. The van der Waals surface area contributed by atoms with Crippen LogP contribution in [0.15, 0.2) is 29.0 Å². The average molecular weight is 250 g/mol. The molecule has 0 spiro atoms. The quantitative estimate of drug-likeness (QED) is 0.818. The average Bonchev–Trinajstić information content (AvgIpc) is 2.18. The lowest BCUT2D eigenvalue weighted by atomic mass is 10.1. The van der Waals surface area contributed by atoms with Gasteiger partial charge in [-0.3, -0.25) is 9.97 Å². The summed E-state index contributed by atoms with van der Waals surface area (Å²) in [5.74, 6) is 0. The van der Waals surface area contributed by atoms with E-state index in [1.807, 2.05) is 18.3 Å². The Labute approximate surface area is 91.5 Å². The molecular weight excluding hydrogens is 240 g/mol. The second-order valence-electron chi connectivity index (χ2n) is 3.09. The number of hydrogen-bond acceptors (Lipinski definition) is 2. The first-order chi connectivity index (χ1) is 6.81. The van der Waals surface area contributed by atoms with Crippen LogP contribution < -0.4 is 0 Å². The summed E-state index contributed by atoms with van der Waals surface area (Å²) in [5, 5.41) is 0. The van der Waals surface area contributed by atoms with Crippen molar-refractivity contribution < 1.29 is 0 Å². The summed E-state index contributed by atoms with van der Waals surface area (Å²) in [5.41, 5.74) is 3.14. The first-order valence-corrected chi connectivity index (χ1v) is 5.29. The van der Waals surface area contributed by atoms with Crippen molar-refractivity contribution in [2.45, 2.75) is 12.8 Å². The molecule has 0 saturated heterocycles. The van der Waals surface area contributed by atoms with Crippen LogP contribution in [0, 0.1) is 6.92 Å². The Hall–Kier alpha value is -0.960. The predicted octanol–water partition coefficient (Wildman–Crippen LogP) is 3.16. The number of pyridine rings is 2. The summed E-state index contributed by atoms with van der Waals surface area (Å²) in [7, 11) is 0. The number of aryl methyl sites for hydroxylation is 1. The summed E-state index contributed by atoms with van der Waals surface area (Å²) in [6.07, 6.45) is 5.46. The van der Waals surface area contributed by atoms with Gasteiger partial charge in [-0.25, -0.2) is 0 Å². The zero-order valence-corrected chi connectivity index (χ0v) is 9.29. The van der Waals surface area contributed by atoms with Gasteiger partial charge >= 0.3 is 0 Å². The monoisotopic (exact) mass is 249 g/mol. The number of hydrogen-bond donors (Lipinski definition) is 0. The van der Waals surface area contributed by atoms with Gasteiger partial charge in [-0.2, -0.15) is 0 Å². The summed E-state index contributed by atoms with van der Waals surface area (Å²) >= 11 is 3.38. The third-order valence-electron chi connectivity index (χ3n) is 2.07. The molecule has 2 rings (SSSR count). The molecule has 0 N–H and O–H groups in total. The van der Waals surface area contributed by atoms with Crippen LogP contribution in [-0.2, 0) is 6.42 Å². The van der Waals surface area contributed by atoms with E-state index in [1.165, 1.54) is 5.56 Å². The fourth-order valence-corrected chi connectivity index (χ4v) is 1.77. The minimum Gasteiger partial charge on any atom is -0.255 e. The molecule has 14 heavy (non-hydrogen) atoms. The van der Waals surface area contributed by atoms with E-state index in [0.29, 0.717) is 0 Å². The van der Waals surface area contributed by atoms with Crippen LogP contribution in [0.5, 0.6) is 0 Å². The first-order valence-electron chi connectivity index (χ1n) is 4.49. The van der Waals surface area contributed by atoms with Crippen LogP contribution >= 0.6 is 15.9 Å². The Morgan fingerprint density at radius 2 is 2.21 bits per heavy atom. The zero-order valence-electron chi connectivity index (χ0n) is 7.70. The molecule has 71 valence electrons. The summed E-state index contributed by atoms with van der Waals surface area (Å²) in [6.45, 7) is 3.85. The highest BCUT2D eigenvalue weighted by Gasteiger charge is 2.02. The minimum atomic E-state index is 0.886. The largest absolute Gasteiger partial charge is 0.255 e. The Morgan fingerprint density at radius 3 is 3.00 bits per heavy atom. The highest BCUT2D eigenvalue weighted by Crippen LogP contribution is 2.19. The van der Waals surface area contributed by atoms with E-state index in [1.54, 1.807) is 6.20 Å². The number of halogens is 1. The molecule has 0 unspecified atom stereocenters. The molecule has 0 atom stereocenters. The molecule has 1 radical (unpaired) electrons. The fourth-order valence-electron chi connectivity index (χ4n) is 1.45. The van der Waals surface area contributed by atoms with Gasteiger partial charge in [0.25, 0.3) is 0 Å². The van der Waals surface area contributed by atoms with Crippen molar-refractivity contribution in [2.75, 3.05) is 0 Å². The lowest BCUT2D eigenvalue weighted by Gasteiger charge is -2.03. The Morgan fingerprint density at radius 1 is 1.36 bits per heavy atom. The van der Waals surface area contributed by atoms with E-state index < -0.39 is 0 Å². The maximum atomic E-state index is 4.36. The summed E-state index contributed by atoms with van der Waals surface area (Å²) in [4.78, 5) is 8.63. The highest BCUT2D eigenvalue weighted by molar-refractivity contribution is 9.10. The molecule has 0 aliphatic rings. The van der Waals surface area contributed by atoms with Crippen molar-refractivity contribution >= 4 is 27.0 Å². The third-order valence-corrected chi connectivity index (χ3v) is 2.51. The van der Waals surface area contributed by atoms with E-state index in [-0.39, 0.29) is 0 Å². The van der Waals surface area contributed by atoms with Gasteiger partial charge in [0.2, 0.25) is 0 Å². The van der Waals surface area contributed by atoms with Crippen LogP contribution in [0.4, 0.5) is 0 Å². The third kappa shape index (κ3) is 1.77. The summed E-state index contributed by atoms with van der Waals surface area (Å²) in [6, 6.07) is 3.99. The van der Waals surface area contributed by atoms with E-state index in [9.17, 15) is 0 Å². The van der Waals surface area contributed by atoms with Crippen molar-refractivity contribution in [3.8, 4) is 0 Å². The molecule has 0 aromatic carbocycles. The van der Waals surface area contributed by atoms with Crippen LogP contribution in [0.2, 0.25) is 0 Å². The molecule has 2 aromatic heterocycles. The van der Waals surface area contributed by atoms with Gasteiger partial charge in [0.05, 0.1) is 11.0 Å². The second kappa shape index (κ2) is 4.05. The van der Waals surface area contributed by atoms with Crippen molar-refractivity contribution in [3.05, 3.63) is 41.5 Å². The van der Waals surface area contributed by atoms with E-state index >= 15 is 0 Å². The lowest BCUT2D eigenvalue weighted by Crippen LogP contribution is -1.90. The van der Waals surface area contributed by atoms with E-state index in [0.717, 1.165) is 28.3 Å². The first kappa shape index (κ1) is 9.59. The smallest absolute Gasteiger partial charge is 0.0919 e. The number of rotatable bonds is 2. The molecule has 2 heterocycles. The maximum Gasteiger partial charge on any atom is 0.0919 e. The molecule has 0 aliphatic carbocycles. The van der Waals surface area contributed by atoms with Gasteiger partial charge in [0, 0.05) is 16.9 Å². The SMILES string of the molecule is [CH2]CCc1ccnc2cc(Br)cnc12. The minimum absolute atomic E-state index is 0.886. The van der Waals surface area contributed by atoms with Gasteiger partial charge in [-0.1, -0.05) is 6.92 Å². The zero-order chi connectivity index (χ0) is 9.97. The number of nitrogens with zero attached hydrogens (tertiary/aromatic N) is 2. The molecule has 0 fully saturated rings.